The molecule has 2 heterocycles. The minimum Gasteiger partial charge on any atom is -0.353 e. The normalized spacial score (nSPS) is 19.3. The molecule has 1 aromatic heterocycles. The summed E-state index contributed by atoms with van der Waals surface area (Å²) in [5.41, 5.74) is 1.16. The van der Waals surface area contributed by atoms with Gasteiger partial charge in [-0.1, -0.05) is 30.4 Å². The number of benzene rings is 1. The maximum absolute atomic E-state index is 4.62. The molecule has 0 radical (unpaired) electrons. The van der Waals surface area contributed by atoms with Gasteiger partial charge in [-0.05, 0) is 18.6 Å². The molecule has 0 spiro atoms. The first-order valence-corrected chi connectivity index (χ1v) is 5.23. The molecular weight excluding hydrogens is 184 g/mol. The summed E-state index contributed by atoms with van der Waals surface area (Å²) >= 11 is 0. The van der Waals surface area contributed by atoms with Crippen molar-refractivity contribution < 1.29 is 0 Å². The zero-order chi connectivity index (χ0) is 10.1. The average Bonchev–Trinajstić information content (AvgIpc) is 2.55. The molecule has 1 aliphatic heterocycles. The summed E-state index contributed by atoms with van der Waals surface area (Å²) in [5, 5.41) is 3.45. The molecule has 3 rings (SSSR count). The van der Waals surface area contributed by atoms with Gasteiger partial charge in [0.05, 0.1) is 10.7 Å². The Labute approximate surface area is 87.7 Å². The lowest BCUT2D eigenvalue weighted by Crippen LogP contribution is -2.23. The topological polar surface area (TPSA) is 28.1 Å². The molecule has 0 saturated carbocycles. The van der Waals surface area contributed by atoms with Crippen LogP contribution in [0.2, 0.25) is 0 Å². The number of aromatic amines is 1. The molecule has 0 fully saturated rings. The second-order valence-electron chi connectivity index (χ2n) is 3.70. The van der Waals surface area contributed by atoms with E-state index >= 15 is 0 Å². The fraction of sp³-hybridized carbons (Fsp3) is 0.154. The van der Waals surface area contributed by atoms with Gasteiger partial charge in [-0.2, -0.15) is 0 Å². The van der Waals surface area contributed by atoms with Crippen molar-refractivity contribution in [1.82, 2.24) is 4.98 Å². The van der Waals surface area contributed by atoms with Crippen molar-refractivity contribution in [3.8, 4) is 0 Å². The van der Waals surface area contributed by atoms with Crippen molar-refractivity contribution in [3.63, 3.8) is 0 Å². The molecule has 0 aliphatic carbocycles. The van der Waals surface area contributed by atoms with Gasteiger partial charge < -0.3 is 4.98 Å². The fourth-order valence-electron chi connectivity index (χ4n) is 1.95. The van der Waals surface area contributed by atoms with Crippen LogP contribution in [-0.4, -0.2) is 11.5 Å². The average molecular weight is 196 g/mol. The first-order valence-electron chi connectivity index (χ1n) is 5.23. The van der Waals surface area contributed by atoms with Crippen LogP contribution in [0.3, 0.4) is 0 Å². The maximum atomic E-state index is 4.62. The van der Waals surface area contributed by atoms with Crippen molar-refractivity contribution in [2.75, 3.05) is 6.54 Å². The summed E-state index contributed by atoms with van der Waals surface area (Å²) in [6, 6.07) is 8.31. The lowest BCUT2D eigenvalue weighted by atomic mass is 10.2. The predicted octanol–water partition coefficient (Wildman–Crippen LogP) is 1.53. The van der Waals surface area contributed by atoms with Crippen molar-refractivity contribution in [3.05, 3.63) is 47.1 Å². The number of nitrogens with zero attached hydrogens (tertiary/aromatic N) is 1. The van der Waals surface area contributed by atoms with Crippen molar-refractivity contribution in [2.45, 2.75) is 6.42 Å². The Hall–Kier alpha value is -1.83. The number of para-hydroxylation sites is 1. The number of aromatic nitrogens is 1. The number of hydrogen-bond acceptors (Lipinski definition) is 1. The smallest absolute Gasteiger partial charge is 0.0902 e. The van der Waals surface area contributed by atoms with Crippen molar-refractivity contribution in [1.29, 1.82) is 0 Å². The van der Waals surface area contributed by atoms with Gasteiger partial charge in [-0.3, -0.25) is 4.99 Å². The predicted molar refractivity (Wildman–Crippen MR) is 62.2 cm³/mol. The highest BCUT2D eigenvalue weighted by Gasteiger charge is 1.99. The largest absolute Gasteiger partial charge is 0.353 e. The lowest BCUT2D eigenvalue weighted by molar-refractivity contribution is 0.961. The number of H-pyrrole nitrogens is 1. The van der Waals surface area contributed by atoms with Crippen LogP contribution in [0.4, 0.5) is 0 Å². The second kappa shape index (κ2) is 3.39. The zero-order valence-corrected chi connectivity index (χ0v) is 8.40. The summed E-state index contributed by atoms with van der Waals surface area (Å²) in [6.45, 7) is 0.874. The third kappa shape index (κ3) is 1.38. The number of allylic oxidation sites excluding steroid dienone is 1. The van der Waals surface area contributed by atoms with E-state index in [9.17, 15) is 0 Å². The Bertz CT molecular complexity index is 632. The molecule has 1 N–H and O–H groups in total. The van der Waals surface area contributed by atoms with E-state index in [1.165, 1.54) is 5.39 Å². The maximum Gasteiger partial charge on any atom is 0.0902 e. The van der Waals surface area contributed by atoms with Crippen LogP contribution in [0.5, 0.6) is 0 Å². The van der Waals surface area contributed by atoms with Gasteiger partial charge in [-0.25, -0.2) is 0 Å². The molecule has 0 bridgehead atoms. The van der Waals surface area contributed by atoms with Gasteiger partial charge in [0, 0.05) is 17.4 Å². The Balaban J connectivity index is 2.50. The highest BCUT2D eigenvalue weighted by Crippen LogP contribution is 2.04. The molecule has 2 nitrogen and oxygen atoms in total. The van der Waals surface area contributed by atoms with Gasteiger partial charge >= 0.3 is 0 Å². The summed E-state index contributed by atoms with van der Waals surface area (Å²) in [7, 11) is 0. The number of fused-ring (bicyclic) bond motifs is 3. The van der Waals surface area contributed by atoms with Crippen molar-refractivity contribution >= 4 is 17.0 Å². The van der Waals surface area contributed by atoms with Crippen LogP contribution in [0.15, 0.2) is 41.4 Å². The van der Waals surface area contributed by atoms with Crippen LogP contribution < -0.4 is 10.7 Å². The monoisotopic (exact) mass is 196 g/mol. The van der Waals surface area contributed by atoms with E-state index in [1.54, 1.807) is 0 Å². The Morgan fingerprint density at radius 1 is 1.20 bits per heavy atom. The van der Waals surface area contributed by atoms with E-state index in [-0.39, 0.29) is 0 Å². The molecule has 0 saturated heterocycles. The number of rotatable bonds is 0. The molecule has 2 aromatic rings. The summed E-state index contributed by atoms with van der Waals surface area (Å²) in [5.74, 6) is 0. The Morgan fingerprint density at radius 3 is 3.13 bits per heavy atom. The molecule has 15 heavy (non-hydrogen) atoms. The molecule has 2 heteroatoms. The van der Waals surface area contributed by atoms with Crippen LogP contribution in [0, 0.1) is 0 Å². The Morgan fingerprint density at radius 2 is 2.13 bits per heavy atom. The highest BCUT2D eigenvalue weighted by atomic mass is 14.8. The zero-order valence-electron chi connectivity index (χ0n) is 8.40. The minimum atomic E-state index is 0.874. The molecule has 0 atom stereocenters. The van der Waals surface area contributed by atoms with Gasteiger partial charge in [0.15, 0.2) is 0 Å². The molecule has 1 aromatic carbocycles. The molecule has 0 unspecified atom stereocenters. The van der Waals surface area contributed by atoms with E-state index in [0.717, 1.165) is 29.2 Å². The summed E-state index contributed by atoms with van der Waals surface area (Å²) in [4.78, 5) is 8.00. The third-order valence-corrected chi connectivity index (χ3v) is 2.67. The van der Waals surface area contributed by atoms with Crippen LogP contribution in [0.25, 0.3) is 17.0 Å². The van der Waals surface area contributed by atoms with E-state index in [4.69, 9.17) is 0 Å². The minimum absolute atomic E-state index is 0.874. The first kappa shape index (κ1) is 8.48. The van der Waals surface area contributed by atoms with Gasteiger partial charge in [0.1, 0.15) is 0 Å². The highest BCUT2D eigenvalue weighted by molar-refractivity contribution is 5.79. The van der Waals surface area contributed by atoms with Crippen molar-refractivity contribution in [2.24, 2.45) is 4.99 Å². The van der Waals surface area contributed by atoms with Crippen LogP contribution in [0.1, 0.15) is 6.42 Å². The lowest BCUT2D eigenvalue weighted by Gasteiger charge is -1.90. The first-order chi connectivity index (χ1) is 7.45. The van der Waals surface area contributed by atoms with Gasteiger partial charge in [0.25, 0.3) is 0 Å². The van der Waals surface area contributed by atoms with E-state index < -0.39 is 0 Å². The van der Waals surface area contributed by atoms with Gasteiger partial charge in [0.2, 0.25) is 0 Å². The number of hydrogen-bond donors (Lipinski definition) is 1. The third-order valence-electron chi connectivity index (χ3n) is 2.67. The van der Waals surface area contributed by atoms with E-state index in [0.29, 0.717) is 0 Å². The van der Waals surface area contributed by atoms with E-state index in [1.807, 2.05) is 6.07 Å². The SMILES string of the molecule is C1=C\CCN=c2\c([nH]c3ccccc23)=C/1. The van der Waals surface area contributed by atoms with Gasteiger partial charge in [-0.15, -0.1) is 0 Å². The molecule has 1 aliphatic rings. The van der Waals surface area contributed by atoms with Crippen LogP contribution in [-0.2, 0) is 0 Å². The standard InChI is InChI=1S/C13H12N2/c1-2-8-12-13(14-9-5-1)10-6-3-4-7-11(10)15-12/h1-4,6-8,15H,5,9H2/b2-1-,12-8+,14-13?. The molecular formula is C13H12N2. The van der Waals surface area contributed by atoms with Crippen LogP contribution >= 0.6 is 0 Å². The summed E-state index contributed by atoms with van der Waals surface area (Å²) < 4.78 is 0. The summed E-state index contributed by atoms with van der Waals surface area (Å²) in [6.07, 6.45) is 7.37. The van der Waals surface area contributed by atoms with E-state index in [2.05, 4.69) is 46.4 Å². The number of nitrogens with one attached hydrogen (secondary N) is 1. The Kier molecular flexibility index (Phi) is 1.91. The quantitative estimate of drug-likeness (QED) is 0.662. The molecule has 74 valence electrons. The fourth-order valence-corrected chi connectivity index (χ4v) is 1.95. The second-order valence-corrected chi connectivity index (χ2v) is 3.70. The molecule has 0 amide bonds.